The van der Waals surface area contributed by atoms with Crippen molar-refractivity contribution in [2.75, 3.05) is 13.2 Å². The van der Waals surface area contributed by atoms with E-state index in [1.807, 2.05) is 25.1 Å². The van der Waals surface area contributed by atoms with Crippen molar-refractivity contribution in [2.24, 2.45) is 0 Å². The van der Waals surface area contributed by atoms with E-state index < -0.39 is 0 Å². The zero-order valence-electron chi connectivity index (χ0n) is 10.6. The third-order valence-corrected chi connectivity index (χ3v) is 2.47. The first-order valence-electron chi connectivity index (χ1n) is 5.89. The molecule has 1 N–H and O–H groups in total. The zero-order chi connectivity index (χ0) is 12.7. The lowest BCUT2D eigenvalue weighted by Gasteiger charge is -2.12. The molecular formula is C14H20ClNO. The Bertz CT molecular complexity index is 376. The number of ether oxygens (including phenoxy) is 1. The standard InChI is InChI=1S/C14H20ClNO/c1-4-7-16-9-12-8-13(15)5-6-14(12)17-10-11(2)3/h5-6,8,16H,2,4,7,9-10H2,1,3H3. The molecule has 0 aliphatic rings. The molecule has 0 heterocycles. The first-order chi connectivity index (χ1) is 8.13. The van der Waals surface area contributed by atoms with Gasteiger partial charge in [0.1, 0.15) is 12.4 Å². The minimum atomic E-state index is 0.544. The summed E-state index contributed by atoms with van der Waals surface area (Å²) in [7, 11) is 0. The lowest BCUT2D eigenvalue weighted by molar-refractivity contribution is 0.347. The quantitative estimate of drug-likeness (QED) is 0.590. The van der Waals surface area contributed by atoms with Gasteiger partial charge in [-0.1, -0.05) is 25.1 Å². The predicted molar refractivity (Wildman–Crippen MR) is 73.8 cm³/mol. The zero-order valence-corrected chi connectivity index (χ0v) is 11.3. The van der Waals surface area contributed by atoms with Gasteiger partial charge in [-0.3, -0.25) is 0 Å². The van der Waals surface area contributed by atoms with Crippen LogP contribution in [0.15, 0.2) is 30.4 Å². The van der Waals surface area contributed by atoms with Gasteiger partial charge >= 0.3 is 0 Å². The molecular weight excluding hydrogens is 234 g/mol. The Balaban J connectivity index is 2.69. The van der Waals surface area contributed by atoms with E-state index in [9.17, 15) is 0 Å². The average Bonchev–Trinajstić information content (AvgIpc) is 2.28. The number of hydrogen-bond acceptors (Lipinski definition) is 2. The average molecular weight is 254 g/mol. The minimum absolute atomic E-state index is 0.544. The molecule has 0 spiro atoms. The number of benzene rings is 1. The molecule has 17 heavy (non-hydrogen) atoms. The number of hydrogen-bond donors (Lipinski definition) is 1. The van der Waals surface area contributed by atoms with E-state index in [0.29, 0.717) is 6.61 Å². The summed E-state index contributed by atoms with van der Waals surface area (Å²) in [5, 5.41) is 4.08. The fourth-order valence-corrected chi connectivity index (χ4v) is 1.62. The highest BCUT2D eigenvalue weighted by molar-refractivity contribution is 6.30. The van der Waals surface area contributed by atoms with E-state index in [2.05, 4.69) is 18.8 Å². The van der Waals surface area contributed by atoms with Crippen LogP contribution in [0.3, 0.4) is 0 Å². The van der Waals surface area contributed by atoms with Gasteiger partial charge in [-0.15, -0.1) is 0 Å². The van der Waals surface area contributed by atoms with Crippen LogP contribution in [-0.4, -0.2) is 13.2 Å². The van der Waals surface area contributed by atoms with Gasteiger partial charge in [-0.2, -0.15) is 0 Å². The Hall–Kier alpha value is -0.990. The van der Waals surface area contributed by atoms with Crippen molar-refractivity contribution in [2.45, 2.75) is 26.8 Å². The molecule has 0 amide bonds. The van der Waals surface area contributed by atoms with Crippen LogP contribution in [0.25, 0.3) is 0 Å². The normalized spacial score (nSPS) is 10.3. The van der Waals surface area contributed by atoms with Crippen LogP contribution in [0.4, 0.5) is 0 Å². The van der Waals surface area contributed by atoms with Crippen LogP contribution in [-0.2, 0) is 6.54 Å². The third-order valence-electron chi connectivity index (χ3n) is 2.24. The fourth-order valence-electron chi connectivity index (χ4n) is 1.43. The third kappa shape index (κ3) is 5.24. The predicted octanol–water partition coefficient (Wildman–Crippen LogP) is 3.79. The van der Waals surface area contributed by atoms with Crippen molar-refractivity contribution in [3.05, 3.63) is 40.9 Å². The van der Waals surface area contributed by atoms with E-state index >= 15 is 0 Å². The van der Waals surface area contributed by atoms with Gasteiger partial charge in [0.05, 0.1) is 0 Å². The molecule has 0 aliphatic heterocycles. The summed E-state index contributed by atoms with van der Waals surface area (Å²) in [5.41, 5.74) is 2.10. The van der Waals surface area contributed by atoms with Crippen LogP contribution < -0.4 is 10.1 Å². The Morgan fingerprint density at radius 1 is 1.47 bits per heavy atom. The summed E-state index contributed by atoms with van der Waals surface area (Å²) in [4.78, 5) is 0. The van der Waals surface area contributed by atoms with Gasteiger partial charge in [-0.25, -0.2) is 0 Å². The number of nitrogens with one attached hydrogen (secondary N) is 1. The van der Waals surface area contributed by atoms with Crippen molar-refractivity contribution in [1.82, 2.24) is 5.32 Å². The molecule has 0 saturated heterocycles. The lowest BCUT2D eigenvalue weighted by atomic mass is 10.2. The molecule has 0 aliphatic carbocycles. The molecule has 1 aromatic carbocycles. The molecule has 0 unspecified atom stereocenters. The molecule has 0 bridgehead atoms. The van der Waals surface area contributed by atoms with E-state index in [1.54, 1.807) is 0 Å². The largest absolute Gasteiger partial charge is 0.489 e. The van der Waals surface area contributed by atoms with Crippen molar-refractivity contribution in [3.8, 4) is 5.75 Å². The first kappa shape index (κ1) is 14.1. The van der Waals surface area contributed by atoms with Crippen molar-refractivity contribution in [1.29, 1.82) is 0 Å². The van der Waals surface area contributed by atoms with Crippen molar-refractivity contribution < 1.29 is 4.74 Å². The molecule has 1 rings (SSSR count). The maximum absolute atomic E-state index is 5.99. The Morgan fingerprint density at radius 3 is 2.88 bits per heavy atom. The van der Waals surface area contributed by atoms with Crippen LogP contribution in [0.5, 0.6) is 5.75 Å². The summed E-state index contributed by atoms with van der Waals surface area (Å²) < 4.78 is 5.69. The molecule has 1 aromatic rings. The second-order valence-corrected chi connectivity index (χ2v) is 4.61. The van der Waals surface area contributed by atoms with Crippen molar-refractivity contribution in [3.63, 3.8) is 0 Å². The molecule has 0 fully saturated rings. The van der Waals surface area contributed by atoms with Gasteiger partial charge in [0.25, 0.3) is 0 Å². The Labute approximate surface area is 109 Å². The van der Waals surface area contributed by atoms with Crippen LogP contribution in [0.2, 0.25) is 5.02 Å². The summed E-state index contributed by atoms with van der Waals surface area (Å²) in [6.07, 6.45) is 1.11. The second-order valence-electron chi connectivity index (χ2n) is 4.17. The molecule has 3 heteroatoms. The van der Waals surface area contributed by atoms with E-state index in [4.69, 9.17) is 16.3 Å². The number of rotatable bonds is 7. The Kier molecular flexibility index (Phi) is 6.09. The van der Waals surface area contributed by atoms with Gasteiger partial charge in [0.2, 0.25) is 0 Å². The van der Waals surface area contributed by atoms with Crippen LogP contribution >= 0.6 is 11.6 Å². The second kappa shape index (κ2) is 7.36. The molecule has 0 radical (unpaired) electrons. The highest BCUT2D eigenvalue weighted by atomic mass is 35.5. The molecule has 94 valence electrons. The van der Waals surface area contributed by atoms with Crippen molar-refractivity contribution >= 4 is 11.6 Å². The fraction of sp³-hybridized carbons (Fsp3) is 0.429. The molecule has 2 nitrogen and oxygen atoms in total. The molecule has 0 aromatic heterocycles. The van der Waals surface area contributed by atoms with E-state index in [-0.39, 0.29) is 0 Å². The SMILES string of the molecule is C=C(C)COc1ccc(Cl)cc1CNCCC. The highest BCUT2D eigenvalue weighted by Gasteiger charge is 2.04. The van der Waals surface area contributed by atoms with Gasteiger partial charge in [-0.05, 0) is 43.7 Å². The van der Waals surface area contributed by atoms with Crippen LogP contribution in [0.1, 0.15) is 25.8 Å². The van der Waals surface area contributed by atoms with E-state index in [1.165, 1.54) is 0 Å². The summed E-state index contributed by atoms with van der Waals surface area (Å²) >= 11 is 5.99. The summed E-state index contributed by atoms with van der Waals surface area (Å²) in [6, 6.07) is 5.70. The highest BCUT2D eigenvalue weighted by Crippen LogP contribution is 2.23. The topological polar surface area (TPSA) is 21.3 Å². The smallest absolute Gasteiger partial charge is 0.124 e. The Morgan fingerprint density at radius 2 is 2.24 bits per heavy atom. The summed E-state index contributed by atoms with van der Waals surface area (Å²) in [5.74, 6) is 0.876. The lowest BCUT2D eigenvalue weighted by Crippen LogP contribution is -2.15. The van der Waals surface area contributed by atoms with Gasteiger partial charge in [0.15, 0.2) is 0 Å². The number of halogens is 1. The monoisotopic (exact) mass is 253 g/mol. The molecule has 0 saturated carbocycles. The molecule has 0 atom stereocenters. The summed E-state index contributed by atoms with van der Waals surface area (Å²) in [6.45, 7) is 10.2. The van der Waals surface area contributed by atoms with Gasteiger partial charge < -0.3 is 10.1 Å². The van der Waals surface area contributed by atoms with Crippen LogP contribution in [0, 0.1) is 0 Å². The minimum Gasteiger partial charge on any atom is -0.489 e. The first-order valence-corrected chi connectivity index (χ1v) is 6.27. The maximum Gasteiger partial charge on any atom is 0.124 e. The maximum atomic E-state index is 5.99. The van der Waals surface area contributed by atoms with E-state index in [0.717, 1.165) is 41.4 Å². The van der Waals surface area contributed by atoms with Gasteiger partial charge in [0, 0.05) is 17.1 Å².